The lowest BCUT2D eigenvalue weighted by Gasteiger charge is -2.26. The number of nitrogens with two attached hydrogens (primary N) is 2. The van der Waals surface area contributed by atoms with E-state index >= 15 is 0 Å². The summed E-state index contributed by atoms with van der Waals surface area (Å²) in [5.74, 6) is 0.383. The zero-order chi connectivity index (χ0) is 34.5. The quantitative estimate of drug-likeness (QED) is 0.127. The molecule has 0 saturated carbocycles. The topological polar surface area (TPSA) is 118 Å². The van der Waals surface area contributed by atoms with E-state index in [1.54, 1.807) is 22.7 Å². The Kier molecular flexibility index (Phi) is 15.4. The molecule has 2 heterocycles. The average Bonchev–Trinajstić information content (AvgIpc) is 3.74. The molecule has 2 aromatic carbocycles. The lowest BCUT2D eigenvalue weighted by atomic mass is 10.0. The van der Waals surface area contributed by atoms with Crippen LogP contribution in [-0.4, -0.2) is 64.2 Å². The third-order valence-corrected chi connectivity index (χ3v) is 9.91. The zero-order valence-corrected chi connectivity index (χ0v) is 30.6. The van der Waals surface area contributed by atoms with Crippen molar-refractivity contribution in [3.8, 4) is 32.0 Å². The molecule has 0 aliphatic rings. The number of benzene rings is 2. The van der Waals surface area contributed by atoms with E-state index in [1.807, 2.05) is 45.0 Å². The first kappa shape index (κ1) is 38.2. The second-order valence-electron chi connectivity index (χ2n) is 12.6. The van der Waals surface area contributed by atoms with Crippen molar-refractivity contribution in [3.63, 3.8) is 0 Å². The van der Waals surface area contributed by atoms with Gasteiger partial charge >= 0.3 is 0 Å². The lowest BCUT2D eigenvalue weighted by molar-refractivity contribution is -0.134. The molecule has 0 fully saturated rings. The van der Waals surface area contributed by atoms with E-state index < -0.39 is 6.04 Å². The summed E-state index contributed by atoms with van der Waals surface area (Å²) >= 11 is 3.40. The van der Waals surface area contributed by atoms with Crippen molar-refractivity contribution in [1.29, 1.82) is 0 Å². The largest absolute Gasteiger partial charge is 0.335 e. The summed E-state index contributed by atoms with van der Waals surface area (Å²) < 4.78 is 0. The SMILES string of the molecule is CC(C)C(N)C=O.CCCN(C)Cc1ncc(-c2ccc(-c3ccc(-c4cnc(CN(CCC)C(=O)C(N)C(C)C)s4)cc3)cc2)s1. The van der Waals surface area contributed by atoms with Crippen LogP contribution < -0.4 is 11.5 Å². The van der Waals surface area contributed by atoms with Crippen LogP contribution in [0.3, 0.4) is 0 Å². The molecule has 8 nitrogen and oxygen atoms in total. The van der Waals surface area contributed by atoms with Crippen LogP contribution in [-0.2, 0) is 22.7 Å². The maximum Gasteiger partial charge on any atom is 0.240 e. The van der Waals surface area contributed by atoms with Gasteiger partial charge in [-0.1, -0.05) is 90.1 Å². The number of aromatic nitrogens is 2. The molecule has 10 heteroatoms. The van der Waals surface area contributed by atoms with E-state index in [9.17, 15) is 9.59 Å². The van der Waals surface area contributed by atoms with Gasteiger partial charge in [0.05, 0.1) is 34.9 Å². The highest BCUT2D eigenvalue weighted by molar-refractivity contribution is 7.15. The van der Waals surface area contributed by atoms with Crippen LogP contribution in [0.2, 0.25) is 0 Å². The smallest absolute Gasteiger partial charge is 0.240 e. The Bertz CT molecular complexity index is 1510. The number of carbonyl (C=O) groups excluding carboxylic acids is 2. The second-order valence-corrected chi connectivity index (χ2v) is 14.8. The fourth-order valence-corrected chi connectivity index (χ4v) is 6.68. The van der Waals surface area contributed by atoms with Crippen LogP contribution in [0.4, 0.5) is 0 Å². The van der Waals surface area contributed by atoms with Crippen LogP contribution in [0, 0.1) is 11.8 Å². The van der Waals surface area contributed by atoms with Gasteiger partial charge in [0, 0.05) is 18.9 Å². The Hall–Kier alpha value is -3.28. The molecule has 1 amide bonds. The molecule has 0 spiro atoms. The number of hydrogen-bond acceptors (Lipinski definition) is 9. The molecule has 2 atom stereocenters. The Morgan fingerprint density at radius 3 is 1.57 bits per heavy atom. The molecule has 4 N–H and O–H groups in total. The van der Waals surface area contributed by atoms with Gasteiger partial charge in [-0.2, -0.15) is 0 Å². The molecule has 4 rings (SSSR count). The monoisotopic (exact) mass is 676 g/mol. The minimum Gasteiger partial charge on any atom is -0.335 e. The van der Waals surface area contributed by atoms with Gasteiger partial charge in [-0.3, -0.25) is 9.69 Å². The van der Waals surface area contributed by atoms with E-state index in [-0.39, 0.29) is 23.8 Å². The molecule has 0 bridgehead atoms. The van der Waals surface area contributed by atoms with Gasteiger partial charge in [-0.05, 0) is 60.5 Å². The third-order valence-electron chi connectivity index (χ3n) is 7.85. The predicted molar refractivity (Wildman–Crippen MR) is 198 cm³/mol. The standard InChI is InChI=1S/C32H41N5OS2.C5H11NO/c1-6-16-36(5)20-29-34-18-27(39-29)25-12-8-23(9-13-25)24-10-14-26(15-11-24)28-19-35-30(40-28)21-37(17-7-2)32(38)31(33)22(3)4;1-4(2)5(6)3-7/h8-15,18-19,22,31H,6-7,16-17,20-21,33H2,1-5H3;3-5H,6H2,1-2H3. The van der Waals surface area contributed by atoms with Gasteiger partial charge in [0.15, 0.2) is 0 Å². The van der Waals surface area contributed by atoms with Gasteiger partial charge in [0.2, 0.25) is 5.91 Å². The summed E-state index contributed by atoms with van der Waals surface area (Å²) in [7, 11) is 2.15. The van der Waals surface area contributed by atoms with Gasteiger partial charge in [-0.15, -0.1) is 22.7 Å². The highest BCUT2D eigenvalue weighted by atomic mass is 32.1. The summed E-state index contributed by atoms with van der Waals surface area (Å²) in [5, 5.41) is 2.08. The highest BCUT2D eigenvalue weighted by Crippen LogP contribution is 2.32. The van der Waals surface area contributed by atoms with Gasteiger partial charge in [0.1, 0.15) is 16.3 Å². The molecular formula is C37H52N6O2S2. The van der Waals surface area contributed by atoms with Gasteiger partial charge < -0.3 is 21.2 Å². The van der Waals surface area contributed by atoms with Crippen molar-refractivity contribution < 1.29 is 9.59 Å². The highest BCUT2D eigenvalue weighted by Gasteiger charge is 2.24. The maximum atomic E-state index is 12.9. The Morgan fingerprint density at radius 2 is 1.19 bits per heavy atom. The van der Waals surface area contributed by atoms with E-state index in [4.69, 9.17) is 11.5 Å². The van der Waals surface area contributed by atoms with E-state index in [0.717, 1.165) is 52.7 Å². The number of carbonyl (C=O) groups is 2. The molecule has 0 radical (unpaired) electrons. The Balaban J connectivity index is 0.000000771. The summed E-state index contributed by atoms with van der Waals surface area (Å²) in [4.78, 5) is 38.4. The zero-order valence-electron chi connectivity index (χ0n) is 29.0. The van der Waals surface area contributed by atoms with Crippen LogP contribution in [0.25, 0.3) is 32.0 Å². The van der Waals surface area contributed by atoms with Crippen molar-refractivity contribution in [2.24, 2.45) is 23.3 Å². The first-order valence-electron chi connectivity index (χ1n) is 16.5. The van der Waals surface area contributed by atoms with Gasteiger partial charge in [-0.25, -0.2) is 9.97 Å². The molecule has 2 aromatic heterocycles. The fraction of sp³-hybridized carbons (Fsp3) is 0.459. The van der Waals surface area contributed by atoms with Crippen LogP contribution >= 0.6 is 22.7 Å². The average molecular weight is 677 g/mol. The van der Waals surface area contributed by atoms with Crippen molar-refractivity contribution in [2.75, 3.05) is 20.1 Å². The number of rotatable bonds is 15. The molecule has 0 aliphatic carbocycles. The Labute approximate surface area is 289 Å². The van der Waals surface area contributed by atoms with E-state index in [1.165, 1.54) is 21.6 Å². The molecule has 0 saturated heterocycles. The lowest BCUT2D eigenvalue weighted by Crippen LogP contribution is -2.46. The number of hydrogen-bond donors (Lipinski definition) is 2. The van der Waals surface area contributed by atoms with Crippen LogP contribution in [0.1, 0.15) is 64.4 Å². The number of thiazole rings is 2. The van der Waals surface area contributed by atoms with Crippen LogP contribution in [0.5, 0.6) is 0 Å². The van der Waals surface area contributed by atoms with Crippen LogP contribution in [0.15, 0.2) is 60.9 Å². The Morgan fingerprint density at radius 1 is 0.745 bits per heavy atom. The first-order valence-corrected chi connectivity index (χ1v) is 18.1. The van der Waals surface area contributed by atoms with Crippen molar-refractivity contribution in [1.82, 2.24) is 19.8 Å². The maximum absolute atomic E-state index is 12.9. The second kappa shape index (κ2) is 18.9. The predicted octanol–water partition coefficient (Wildman–Crippen LogP) is 7.33. The molecule has 4 aromatic rings. The summed E-state index contributed by atoms with van der Waals surface area (Å²) in [6.07, 6.45) is 6.70. The molecule has 254 valence electrons. The van der Waals surface area contributed by atoms with Crippen molar-refractivity contribution in [2.45, 2.75) is 79.6 Å². The van der Waals surface area contributed by atoms with Crippen molar-refractivity contribution in [3.05, 3.63) is 70.9 Å². The minimum atomic E-state index is -0.482. The van der Waals surface area contributed by atoms with E-state index in [2.05, 4.69) is 84.3 Å². The summed E-state index contributed by atoms with van der Waals surface area (Å²) in [6, 6.07) is 16.6. The molecular weight excluding hydrogens is 625 g/mol. The fourth-order valence-electron chi connectivity index (χ4n) is 4.73. The minimum absolute atomic E-state index is 0.000619. The molecule has 2 unspecified atom stereocenters. The third kappa shape index (κ3) is 11.4. The molecule has 0 aliphatic heterocycles. The first-order chi connectivity index (χ1) is 22.5. The number of aldehydes is 1. The van der Waals surface area contributed by atoms with E-state index in [0.29, 0.717) is 13.1 Å². The normalized spacial score (nSPS) is 12.6. The number of amides is 1. The van der Waals surface area contributed by atoms with Gasteiger partial charge in [0.25, 0.3) is 0 Å². The molecule has 47 heavy (non-hydrogen) atoms. The summed E-state index contributed by atoms with van der Waals surface area (Å²) in [6.45, 7) is 15.2. The summed E-state index contributed by atoms with van der Waals surface area (Å²) in [5.41, 5.74) is 16.1. The number of nitrogens with zero attached hydrogens (tertiary/aromatic N) is 4. The van der Waals surface area contributed by atoms with Crippen molar-refractivity contribution >= 4 is 34.9 Å².